The molecule has 4 N–H and O–H groups in total. The SMILES string of the molecule is CNS(=O)(=O)c1ccc(NCC(C)(C)C(C)C)c(N)c1. The summed E-state index contributed by atoms with van der Waals surface area (Å²) in [6.45, 7) is 9.48. The van der Waals surface area contributed by atoms with Gasteiger partial charge in [-0.15, -0.1) is 0 Å². The minimum atomic E-state index is -3.45. The quantitative estimate of drug-likeness (QED) is 0.704. The van der Waals surface area contributed by atoms with E-state index in [2.05, 4.69) is 37.7 Å². The lowest BCUT2D eigenvalue weighted by molar-refractivity contribution is 0.270. The van der Waals surface area contributed by atoms with Crippen molar-refractivity contribution in [1.82, 2.24) is 4.72 Å². The van der Waals surface area contributed by atoms with Crippen molar-refractivity contribution in [2.75, 3.05) is 24.6 Å². The van der Waals surface area contributed by atoms with Gasteiger partial charge in [-0.1, -0.05) is 27.7 Å². The fourth-order valence-electron chi connectivity index (χ4n) is 1.51. The molecule has 20 heavy (non-hydrogen) atoms. The van der Waals surface area contributed by atoms with Crippen molar-refractivity contribution in [3.05, 3.63) is 18.2 Å². The summed E-state index contributed by atoms with van der Waals surface area (Å²) in [5, 5.41) is 3.29. The summed E-state index contributed by atoms with van der Waals surface area (Å²) in [5.41, 5.74) is 7.24. The smallest absolute Gasteiger partial charge is 0.240 e. The Labute approximate surface area is 122 Å². The molecule has 0 amide bonds. The Hall–Kier alpha value is -1.27. The fourth-order valence-corrected chi connectivity index (χ4v) is 2.28. The van der Waals surface area contributed by atoms with Gasteiger partial charge in [0.2, 0.25) is 10.0 Å². The number of nitrogens with one attached hydrogen (secondary N) is 2. The van der Waals surface area contributed by atoms with Gasteiger partial charge in [-0.05, 0) is 36.6 Å². The van der Waals surface area contributed by atoms with Crippen LogP contribution in [0.3, 0.4) is 0 Å². The fraction of sp³-hybridized carbons (Fsp3) is 0.571. The van der Waals surface area contributed by atoms with Gasteiger partial charge in [0.25, 0.3) is 0 Å². The van der Waals surface area contributed by atoms with Gasteiger partial charge < -0.3 is 11.1 Å². The molecule has 1 aromatic carbocycles. The van der Waals surface area contributed by atoms with E-state index in [4.69, 9.17) is 5.73 Å². The molecule has 0 atom stereocenters. The van der Waals surface area contributed by atoms with Crippen molar-refractivity contribution in [1.29, 1.82) is 0 Å². The zero-order valence-corrected chi connectivity index (χ0v) is 13.6. The predicted octanol–water partition coefficient (Wildman–Crippen LogP) is 2.27. The molecule has 0 radical (unpaired) electrons. The van der Waals surface area contributed by atoms with Gasteiger partial charge in [-0.25, -0.2) is 13.1 Å². The molecule has 0 aliphatic rings. The number of rotatable bonds is 6. The van der Waals surface area contributed by atoms with Crippen molar-refractivity contribution < 1.29 is 8.42 Å². The second-order valence-corrected chi connectivity index (χ2v) is 7.84. The Bertz CT molecular complexity index is 566. The first kappa shape index (κ1) is 16.8. The lowest BCUT2D eigenvalue weighted by atomic mass is 9.81. The van der Waals surface area contributed by atoms with Gasteiger partial charge in [0.15, 0.2) is 0 Å². The van der Waals surface area contributed by atoms with Crippen LogP contribution in [0.25, 0.3) is 0 Å². The summed E-state index contributed by atoms with van der Waals surface area (Å²) in [6, 6.07) is 4.72. The molecule has 0 fully saturated rings. The number of nitrogen functional groups attached to an aromatic ring is 1. The minimum absolute atomic E-state index is 0.127. The summed E-state index contributed by atoms with van der Waals surface area (Å²) in [5.74, 6) is 0.528. The van der Waals surface area contributed by atoms with E-state index >= 15 is 0 Å². The molecule has 0 bridgehead atoms. The van der Waals surface area contributed by atoms with Crippen molar-refractivity contribution in [2.24, 2.45) is 11.3 Å². The van der Waals surface area contributed by atoms with Crippen LogP contribution in [-0.2, 0) is 10.0 Å². The first-order valence-corrected chi connectivity index (χ1v) is 8.15. The molecule has 114 valence electrons. The van der Waals surface area contributed by atoms with E-state index in [1.165, 1.54) is 13.1 Å². The van der Waals surface area contributed by atoms with Crippen LogP contribution >= 0.6 is 0 Å². The van der Waals surface area contributed by atoms with Gasteiger partial charge in [-0.3, -0.25) is 0 Å². The van der Waals surface area contributed by atoms with E-state index < -0.39 is 10.0 Å². The van der Waals surface area contributed by atoms with Crippen LogP contribution in [0.5, 0.6) is 0 Å². The van der Waals surface area contributed by atoms with E-state index in [1.54, 1.807) is 12.1 Å². The highest BCUT2D eigenvalue weighted by atomic mass is 32.2. The molecular formula is C14H25N3O2S. The zero-order chi connectivity index (χ0) is 15.6. The molecule has 1 aromatic rings. The third-order valence-corrected chi connectivity index (χ3v) is 5.31. The summed E-state index contributed by atoms with van der Waals surface area (Å²) in [7, 11) is -2.07. The number of sulfonamides is 1. The topological polar surface area (TPSA) is 84.2 Å². The maximum absolute atomic E-state index is 11.7. The highest BCUT2D eigenvalue weighted by molar-refractivity contribution is 7.89. The Morgan fingerprint density at radius 1 is 1.30 bits per heavy atom. The van der Waals surface area contributed by atoms with E-state index in [0.29, 0.717) is 11.6 Å². The van der Waals surface area contributed by atoms with Gasteiger partial charge in [0.1, 0.15) is 0 Å². The summed E-state index contributed by atoms with van der Waals surface area (Å²) < 4.78 is 25.6. The first-order valence-electron chi connectivity index (χ1n) is 6.67. The molecular weight excluding hydrogens is 274 g/mol. The molecule has 0 spiro atoms. The lowest BCUT2D eigenvalue weighted by Gasteiger charge is -2.30. The van der Waals surface area contributed by atoms with E-state index in [0.717, 1.165) is 12.2 Å². The molecule has 0 aromatic heterocycles. The number of hydrogen-bond donors (Lipinski definition) is 3. The number of nitrogens with two attached hydrogens (primary N) is 1. The highest BCUT2D eigenvalue weighted by Gasteiger charge is 2.22. The Morgan fingerprint density at radius 2 is 1.90 bits per heavy atom. The van der Waals surface area contributed by atoms with Crippen LogP contribution in [0.2, 0.25) is 0 Å². The van der Waals surface area contributed by atoms with Crippen LogP contribution in [0.4, 0.5) is 11.4 Å². The van der Waals surface area contributed by atoms with Gasteiger partial charge in [0, 0.05) is 6.54 Å². The minimum Gasteiger partial charge on any atom is -0.397 e. The average Bonchev–Trinajstić information content (AvgIpc) is 2.37. The Balaban J connectivity index is 2.90. The summed E-state index contributed by atoms with van der Waals surface area (Å²) in [4.78, 5) is 0.172. The van der Waals surface area contributed by atoms with Crippen LogP contribution in [-0.4, -0.2) is 22.0 Å². The van der Waals surface area contributed by atoms with Gasteiger partial charge in [-0.2, -0.15) is 0 Å². The lowest BCUT2D eigenvalue weighted by Crippen LogP contribution is -2.28. The van der Waals surface area contributed by atoms with E-state index in [1.807, 2.05) is 0 Å². The molecule has 0 saturated carbocycles. The van der Waals surface area contributed by atoms with Crippen molar-refractivity contribution in [3.63, 3.8) is 0 Å². The average molecular weight is 299 g/mol. The molecule has 0 saturated heterocycles. The normalized spacial score (nSPS) is 12.7. The number of hydrogen-bond acceptors (Lipinski definition) is 4. The third kappa shape index (κ3) is 3.86. The third-order valence-electron chi connectivity index (χ3n) is 3.90. The number of anilines is 2. The Kier molecular flexibility index (Phi) is 5.05. The van der Waals surface area contributed by atoms with Crippen molar-refractivity contribution >= 4 is 21.4 Å². The highest BCUT2D eigenvalue weighted by Crippen LogP contribution is 2.28. The number of benzene rings is 1. The monoisotopic (exact) mass is 299 g/mol. The molecule has 0 aliphatic carbocycles. The molecule has 1 rings (SSSR count). The van der Waals surface area contributed by atoms with E-state index in [-0.39, 0.29) is 10.3 Å². The standard InChI is InChI=1S/C14H25N3O2S/c1-10(2)14(3,4)9-17-13-7-6-11(8-12(13)15)20(18,19)16-5/h6-8,10,16-17H,9,15H2,1-5H3. The first-order chi connectivity index (χ1) is 9.10. The summed E-state index contributed by atoms with van der Waals surface area (Å²) >= 11 is 0. The maximum atomic E-state index is 11.7. The van der Waals surface area contributed by atoms with Crippen LogP contribution in [0.1, 0.15) is 27.7 Å². The van der Waals surface area contributed by atoms with Crippen LogP contribution in [0.15, 0.2) is 23.1 Å². The Morgan fingerprint density at radius 3 is 2.35 bits per heavy atom. The maximum Gasteiger partial charge on any atom is 0.240 e. The molecule has 5 nitrogen and oxygen atoms in total. The van der Waals surface area contributed by atoms with Crippen molar-refractivity contribution in [3.8, 4) is 0 Å². The largest absolute Gasteiger partial charge is 0.397 e. The second kappa shape index (κ2) is 6.01. The van der Waals surface area contributed by atoms with Gasteiger partial charge >= 0.3 is 0 Å². The van der Waals surface area contributed by atoms with E-state index in [9.17, 15) is 8.42 Å². The second-order valence-electron chi connectivity index (χ2n) is 5.95. The molecule has 6 heteroatoms. The van der Waals surface area contributed by atoms with Crippen molar-refractivity contribution in [2.45, 2.75) is 32.6 Å². The molecule has 0 heterocycles. The molecule has 0 unspecified atom stereocenters. The van der Waals surface area contributed by atoms with Gasteiger partial charge in [0.05, 0.1) is 16.3 Å². The zero-order valence-electron chi connectivity index (χ0n) is 12.8. The van der Waals surface area contributed by atoms with Crippen LogP contribution in [0, 0.1) is 11.3 Å². The molecule has 0 aliphatic heterocycles. The van der Waals surface area contributed by atoms with Crippen LogP contribution < -0.4 is 15.8 Å². The predicted molar refractivity (Wildman–Crippen MR) is 84.2 cm³/mol. The summed E-state index contributed by atoms with van der Waals surface area (Å²) in [6.07, 6.45) is 0.